The average molecular weight is 161 g/mol. The lowest BCUT2D eigenvalue weighted by Crippen LogP contribution is -2.11. The summed E-state index contributed by atoms with van der Waals surface area (Å²) in [5, 5.41) is 16.4. The van der Waals surface area contributed by atoms with Crippen molar-refractivity contribution in [3.63, 3.8) is 0 Å². The molecule has 5 nitrogen and oxygen atoms in total. The third-order valence-electron chi connectivity index (χ3n) is 1.10. The molecule has 0 bridgehead atoms. The summed E-state index contributed by atoms with van der Waals surface area (Å²) in [5.74, 6) is -0.569. The fourth-order valence-electron chi connectivity index (χ4n) is 0.559. The van der Waals surface area contributed by atoms with Crippen molar-refractivity contribution in [3.05, 3.63) is 11.8 Å². The maximum atomic E-state index is 10.7. The molecule has 0 atom stereocenters. The highest BCUT2D eigenvalue weighted by Crippen LogP contribution is 2.02. The fourth-order valence-corrected chi connectivity index (χ4v) is 0.559. The smallest absolute Gasteiger partial charge is 0.335 e. The molecule has 0 aliphatic carbocycles. The van der Waals surface area contributed by atoms with Crippen molar-refractivity contribution < 1.29 is 19.9 Å². The second kappa shape index (κ2) is 4.70. The van der Waals surface area contributed by atoms with Crippen LogP contribution in [-0.2, 0) is 9.53 Å². The van der Waals surface area contributed by atoms with Gasteiger partial charge in [-0.3, -0.25) is 10.4 Å². The largest absolute Gasteiger partial charge is 0.466 e. The first kappa shape index (κ1) is 9.93. The molecule has 0 saturated carbocycles. The minimum atomic E-state index is -0.569. The maximum Gasteiger partial charge on any atom is 0.335 e. The first-order chi connectivity index (χ1) is 5.11. The topological polar surface area (TPSA) is 70.0 Å². The maximum absolute atomic E-state index is 10.7. The van der Waals surface area contributed by atoms with Crippen LogP contribution in [0.15, 0.2) is 11.8 Å². The van der Waals surface area contributed by atoms with Crippen LogP contribution in [0.25, 0.3) is 0 Å². The van der Waals surface area contributed by atoms with Crippen molar-refractivity contribution in [2.75, 3.05) is 7.11 Å². The Morgan fingerprint density at radius 1 is 1.64 bits per heavy atom. The third-order valence-corrected chi connectivity index (χ3v) is 1.10. The molecular weight excluding hydrogens is 150 g/mol. The number of nitrogens with zero attached hydrogens (tertiary/aromatic N) is 1. The molecule has 0 radical (unpaired) electrons. The van der Waals surface area contributed by atoms with Gasteiger partial charge in [-0.05, 0) is 6.42 Å². The van der Waals surface area contributed by atoms with Gasteiger partial charge in [0.15, 0.2) is 0 Å². The number of rotatable bonds is 3. The Balaban J connectivity index is 4.27. The summed E-state index contributed by atoms with van der Waals surface area (Å²) in [6.45, 7) is 1.70. The van der Waals surface area contributed by atoms with E-state index >= 15 is 0 Å². The summed E-state index contributed by atoms with van der Waals surface area (Å²) in [6, 6.07) is 0. The fraction of sp³-hybridized carbons (Fsp3) is 0.500. The summed E-state index contributed by atoms with van der Waals surface area (Å²) in [4.78, 5) is 10.7. The number of hydrogen-bond acceptors (Lipinski definition) is 5. The summed E-state index contributed by atoms with van der Waals surface area (Å²) in [7, 11) is 1.23. The summed E-state index contributed by atoms with van der Waals surface area (Å²) >= 11 is 0. The number of methoxy groups -OCH3 is 1. The van der Waals surface area contributed by atoms with Gasteiger partial charge in [-0.15, -0.1) is 5.23 Å². The molecule has 2 N–H and O–H groups in total. The van der Waals surface area contributed by atoms with Gasteiger partial charge in [0.25, 0.3) is 0 Å². The lowest BCUT2D eigenvalue weighted by molar-refractivity contribution is -0.268. The van der Waals surface area contributed by atoms with E-state index in [1.807, 2.05) is 0 Å². The lowest BCUT2D eigenvalue weighted by atomic mass is 10.2. The van der Waals surface area contributed by atoms with E-state index < -0.39 is 5.97 Å². The predicted molar refractivity (Wildman–Crippen MR) is 35.8 cm³/mol. The molecule has 0 spiro atoms. The van der Waals surface area contributed by atoms with Crippen LogP contribution in [0.1, 0.15) is 13.3 Å². The summed E-state index contributed by atoms with van der Waals surface area (Å²) < 4.78 is 4.35. The SMILES string of the molecule is CCC(=CN(O)O)C(=O)OC. The first-order valence-electron chi connectivity index (χ1n) is 3.07. The Morgan fingerprint density at radius 2 is 2.18 bits per heavy atom. The van der Waals surface area contributed by atoms with E-state index in [1.54, 1.807) is 6.92 Å². The predicted octanol–water partition coefficient (Wildman–Crippen LogP) is 0.534. The van der Waals surface area contributed by atoms with Crippen LogP contribution in [0.2, 0.25) is 0 Å². The second-order valence-electron chi connectivity index (χ2n) is 1.82. The zero-order chi connectivity index (χ0) is 8.85. The highest BCUT2D eigenvalue weighted by atomic mass is 16.8. The summed E-state index contributed by atoms with van der Waals surface area (Å²) in [6.07, 6.45) is 1.26. The molecule has 0 fully saturated rings. The molecule has 0 aliphatic heterocycles. The number of ether oxygens (including phenoxy) is 1. The van der Waals surface area contributed by atoms with E-state index in [2.05, 4.69) is 4.74 Å². The van der Waals surface area contributed by atoms with Gasteiger partial charge in [-0.2, -0.15) is 0 Å². The van der Waals surface area contributed by atoms with Crippen molar-refractivity contribution in [2.24, 2.45) is 0 Å². The van der Waals surface area contributed by atoms with Crippen molar-refractivity contribution in [2.45, 2.75) is 13.3 Å². The molecule has 0 heterocycles. The van der Waals surface area contributed by atoms with E-state index in [9.17, 15) is 4.79 Å². The van der Waals surface area contributed by atoms with Crippen molar-refractivity contribution in [1.29, 1.82) is 0 Å². The minimum absolute atomic E-state index is 0.171. The molecule has 5 heteroatoms. The molecule has 64 valence electrons. The molecular formula is C6H11NO4. The Labute approximate surface area is 64.4 Å². The lowest BCUT2D eigenvalue weighted by Gasteiger charge is -2.04. The van der Waals surface area contributed by atoms with E-state index in [0.29, 0.717) is 6.42 Å². The molecule has 0 saturated heterocycles. The molecule has 0 aliphatic rings. The van der Waals surface area contributed by atoms with Gasteiger partial charge in [-0.1, -0.05) is 6.92 Å². The van der Waals surface area contributed by atoms with Gasteiger partial charge in [0, 0.05) is 0 Å². The minimum Gasteiger partial charge on any atom is -0.466 e. The summed E-state index contributed by atoms with van der Waals surface area (Å²) in [5.41, 5.74) is 0.192. The average Bonchev–Trinajstić information content (AvgIpc) is 1.98. The molecule has 11 heavy (non-hydrogen) atoms. The number of carbonyl (C=O) groups excluding carboxylic acids is 1. The number of hydrogen-bond donors (Lipinski definition) is 2. The van der Waals surface area contributed by atoms with E-state index in [1.165, 1.54) is 7.11 Å². The van der Waals surface area contributed by atoms with Crippen LogP contribution < -0.4 is 0 Å². The second-order valence-corrected chi connectivity index (χ2v) is 1.82. The van der Waals surface area contributed by atoms with Gasteiger partial charge in [0.05, 0.1) is 18.9 Å². The van der Waals surface area contributed by atoms with Crippen LogP contribution in [0.4, 0.5) is 0 Å². The highest BCUT2D eigenvalue weighted by Gasteiger charge is 2.07. The van der Waals surface area contributed by atoms with Crippen LogP contribution in [0, 0.1) is 0 Å². The first-order valence-corrected chi connectivity index (χ1v) is 3.07. The number of carbonyl (C=O) groups is 1. The van der Waals surface area contributed by atoms with Crippen LogP contribution >= 0.6 is 0 Å². The standard InChI is InChI=1S/C6H11NO4/c1-3-5(4-7(9)10)6(8)11-2/h4,9-10H,3H2,1-2H3. The number of esters is 1. The molecule has 0 aromatic carbocycles. The van der Waals surface area contributed by atoms with E-state index in [4.69, 9.17) is 10.4 Å². The van der Waals surface area contributed by atoms with Gasteiger partial charge >= 0.3 is 5.97 Å². The molecule has 0 aromatic heterocycles. The Morgan fingerprint density at radius 3 is 2.45 bits per heavy atom. The van der Waals surface area contributed by atoms with Crippen molar-refractivity contribution in [3.8, 4) is 0 Å². The van der Waals surface area contributed by atoms with Crippen molar-refractivity contribution in [1.82, 2.24) is 5.23 Å². The third kappa shape index (κ3) is 3.59. The zero-order valence-electron chi connectivity index (χ0n) is 6.44. The van der Waals surface area contributed by atoms with Crippen molar-refractivity contribution >= 4 is 5.97 Å². The Kier molecular flexibility index (Phi) is 4.24. The van der Waals surface area contributed by atoms with Gasteiger partial charge in [0.2, 0.25) is 0 Å². The zero-order valence-corrected chi connectivity index (χ0v) is 6.44. The molecule has 0 amide bonds. The van der Waals surface area contributed by atoms with Crippen LogP contribution in [0.5, 0.6) is 0 Å². The van der Waals surface area contributed by atoms with Gasteiger partial charge in [0.1, 0.15) is 0 Å². The van der Waals surface area contributed by atoms with E-state index in [0.717, 1.165) is 6.20 Å². The van der Waals surface area contributed by atoms with Crippen LogP contribution in [-0.4, -0.2) is 28.7 Å². The quantitative estimate of drug-likeness (QED) is 0.359. The van der Waals surface area contributed by atoms with Crippen LogP contribution in [0.3, 0.4) is 0 Å². The Hall–Kier alpha value is -1.07. The molecule has 0 aromatic rings. The molecule has 0 unspecified atom stereocenters. The number of hydroxylamine groups is 2. The van der Waals surface area contributed by atoms with Gasteiger partial charge in [-0.25, -0.2) is 4.79 Å². The molecule has 0 rings (SSSR count). The highest BCUT2D eigenvalue weighted by molar-refractivity contribution is 5.87. The van der Waals surface area contributed by atoms with Gasteiger partial charge < -0.3 is 4.74 Å². The monoisotopic (exact) mass is 161 g/mol. The Bertz CT molecular complexity index is 164. The normalized spacial score (nSPS) is 11.1. The van der Waals surface area contributed by atoms with E-state index in [-0.39, 0.29) is 10.8 Å².